The molecule has 0 aromatic heterocycles. The summed E-state index contributed by atoms with van der Waals surface area (Å²) >= 11 is 0. The van der Waals surface area contributed by atoms with Gasteiger partial charge in [-0.1, -0.05) is 13.3 Å². The van der Waals surface area contributed by atoms with Gasteiger partial charge in [0.1, 0.15) is 0 Å². The molecule has 0 bridgehead atoms. The second kappa shape index (κ2) is 4.95. The molecule has 1 saturated heterocycles. The van der Waals surface area contributed by atoms with Crippen LogP contribution in [0.4, 0.5) is 0 Å². The molecule has 0 aromatic carbocycles. The van der Waals surface area contributed by atoms with Gasteiger partial charge in [0.05, 0.1) is 0 Å². The third kappa shape index (κ3) is 2.43. The van der Waals surface area contributed by atoms with E-state index in [1.165, 1.54) is 24.2 Å². The number of hydrogen-bond donors (Lipinski definition) is 1. The maximum absolute atomic E-state index is 11.4. The summed E-state index contributed by atoms with van der Waals surface area (Å²) in [7, 11) is 0. The first-order valence-electron chi connectivity index (χ1n) is 6.25. The monoisotopic (exact) mass is 224 g/mol. The van der Waals surface area contributed by atoms with E-state index in [-0.39, 0.29) is 11.8 Å². The van der Waals surface area contributed by atoms with Gasteiger partial charge in [0.25, 0.3) is 0 Å². The van der Waals surface area contributed by atoms with Gasteiger partial charge in [-0.15, -0.1) is 0 Å². The van der Waals surface area contributed by atoms with Gasteiger partial charge >= 0.3 is 0 Å². The summed E-state index contributed by atoms with van der Waals surface area (Å²) in [4.78, 5) is 24.1. The fraction of sp³-hybridized carbons (Fsp3) is 0.833. The highest BCUT2D eigenvalue weighted by molar-refractivity contribution is 6.01. The molecule has 1 aliphatic carbocycles. The van der Waals surface area contributed by atoms with Crippen LogP contribution in [0.25, 0.3) is 0 Å². The maximum Gasteiger partial charge on any atom is 0.229 e. The molecular weight excluding hydrogens is 204 g/mol. The van der Waals surface area contributed by atoms with Crippen molar-refractivity contribution in [1.82, 2.24) is 10.2 Å². The molecule has 0 aromatic rings. The molecule has 2 atom stereocenters. The summed E-state index contributed by atoms with van der Waals surface area (Å²) in [6, 6.07) is 0.577. The van der Waals surface area contributed by atoms with Crippen molar-refractivity contribution in [1.29, 1.82) is 0 Å². The van der Waals surface area contributed by atoms with E-state index in [0.717, 1.165) is 12.5 Å². The minimum atomic E-state index is -0.00808. The Morgan fingerprint density at radius 3 is 2.50 bits per heavy atom. The summed E-state index contributed by atoms with van der Waals surface area (Å²) in [6.07, 6.45) is 4.61. The number of imide groups is 1. The summed E-state index contributed by atoms with van der Waals surface area (Å²) in [5.74, 6) is 0.711. The SMILES string of the molecule is CC1CCCC1NCCN1C(=O)CCC1=O. The Bertz CT molecular complexity index is 275. The highest BCUT2D eigenvalue weighted by atomic mass is 16.2. The van der Waals surface area contributed by atoms with Crippen LogP contribution in [-0.4, -0.2) is 35.8 Å². The first-order valence-corrected chi connectivity index (χ1v) is 6.25. The number of hydrogen-bond acceptors (Lipinski definition) is 3. The van der Waals surface area contributed by atoms with Gasteiger partial charge in [0.2, 0.25) is 11.8 Å². The van der Waals surface area contributed by atoms with Gasteiger partial charge in [-0.25, -0.2) is 0 Å². The van der Waals surface area contributed by atoms with E-state index in [4.69, 9.17) is 0 Å². The van der Waals surface area contributed by atoms with Crippen molar-refractivity contribution < 1.29 is 9.59 Å². The van der Waals surface area contributed by atoms with Crippen molar-refractivity contribution in [2.75, 3.05) is 13.1 Å². The van der Waals surface area contributed by atoms with Gasteiger partial charge in [0.15, 0.2) is 0 Å². The molecule has 2 fully saturated rings. The summed E-state index contributed by atoms with van der Waals surface area (Å²) < 4.78 is 0. The van der Waals surface area contributed by atoms with Gasteiger partial charge in [0, 0.05) is 32.0 Å². The lowest BCUT2D eigenvalue weighted by Crippen LogP contribution is -2.40. The molecule has 2 aliphatic rings. The molecular formula is C12H20N2O2. The van der Waals surface area contributed by atoms with Crippen LogP contribution in [0.2, 0.25) is 0 Å². The molecule has 0 spiro atoms. The zero-order valence-corrected chi connectivity index (χ0v) is 9.87. The van der Waals surface area contributed by atoms with Crippen LogP contribution in [0.1, 0.15) is 39.0 Å². The Morgan fingerprint density at radius 1 is 1.25 bits per heavy atom. The molecule has 2 rings (SSSR count). The standard InChI is InChI=1S/C12H20N2O2/c1-9-3-2-4-10(9)13-7-8-14-11(15)5-6-12(14)16/h9-10,13H,2-8H2,1H3. The lowest BCUT2D eigenvalue weighted by molar-refractivity contribution is -0.138. The number of nitrogens with one attached hydrogen (secondary N) is 1. The quantitative estimate of drug-likeness (QED) is 0.722. The Labute approximate surface area is 96.4 Å². The van der Waals surface area contributed by atoms with Gasteiger partial charge < -0.3 is 5.32 Å². The van der Waals surface area contributed by atoms with E-state index in [9.17, 15) is 9.59 Å². The fourth-order valence-electron chi connectivity index (χ4n) is 2.68. The van der Waals surface area contributed by atoms with Crippen molar-refractivity contribution in [2.45, 2.75) is 45.1 Å². The summed E-state index contributed by atoms with van der Waals surface area (Å²) in [6.45, 7) is 3.55. The van der Waals surface area contributed by atoms with Crippen LogP contribution in [0.3, 0.4) is 0 Å². The second-order valence-corrected chi connectivity index (χ2v) is 4.91. The van der Waals surface area contributed by atoms with E-state index in [1.807, 2.05) is 0 Å². The van der Waals surface area contributed by atoms with Crippen molar-refractivity contribution in [3.8, 4) is 0 Å². The minimum Gasteiger partial charge on any atom is -0.312 e. The van der Waals surface area contributed by atoms with Crippen molar-refractivity contribution >= 4 is 11.8 Å². The van der Waals surface area contributed by atoms with Crippen LogP contribution < -0.4 is 5.32 Å². The van der Waals surface area contributed by atoms with Crippen molar-refractivity contribution in [3.05, 3.63) is 0 Å². The summed E-state index contributed by atoms with van der Waals surface area (Å²) in [5, 5.41) is 3.45. The predicted molar refractivity (Wildman–Crippen MR) is 60.8 cm³/mol. The molecule has 2 unspecified atom stereocenters. The number of likely N-dealkylation sites (tertiary alicyclic amines) is 1. The largest absolute Gasteiger partial charge is 0.312 e. The Morgan fingerprint density at radius 2 is 1.94 bits per heavy atom. The third-order valence-corrected chi connectivity index (χ3v) is 3.76. The van der Waals surface area contributed by atoms with E-state index in [0.29, 0.717) is 25.4 Å². The molecule has 1 N–H and O–H groups in total. The molecule has 90 valence electrons. The van der Waals surface area contributed by atoms with Gasteiger partial charge in [-0.05, 0) is 18.8 Å². The number of carbonyl (C=O) groups excluding carboxylic acids is 2. The second-order valence-electron chi connectivity index (χ2n) is 4.91. The molecule has 4 heteroatoms. The molecule has 2 amide bonds. The molecule has 1 heterocycles. The minimum absolute atomic E-state index is 0.00808. The Hall–Kier alpha value is -0.900. The van der Waals surface area contributed by atoms with Crippen LogP contribution in [0.5, 0.6) is 0 Å². The third-order valence-electron chi connectivity index (χ3n) is 3.76. The highest BCUT2D eigenvalue weighted by Crippen LogP contribution is 2.24. The average molecular weight is 224 g/mol. The molecule has 1 aliphatic heterocycles. The Kier molecular flexibility index (Phi) is 3.59. The Balaban J connectivity index is 1.71. The lowest BCUT2D eigenvalue weighted by atomic mass is 10.1. The molecule has 1 saturated carbocycles. The van der Waals surface area contributed by atoms with Crippen LogP contribution in [0.15, 0.2) is 0 Å². The lowest BCUT2D eigenvalue weighted by Gasteiger charge is -2.19. The number of amides is 2. The highest BCUT2D eigenvalue weighted by Gasteiger charge is 2.29. The van der Waals surface area contributed by atoms with E-state index < -0.39 is 0 Å². The van der Waals surface area contributed by atoms with Crippen LogP contribution in [-0.2, 0) is 9.59 Å². The van der Waals surface area contributed by atoms with E-state index >= 15 is 0 Å². The molecule has 4 nitrogen and oxygen atoms in total. The maximum atomic E-state index is 11.4. The normalized spacial score (nSPS) is 30.4. The first-order chi connectivity index (χ1) is 7.68. The number of nitrogens with zero attached hydrogens (tertiary/aromatic N) is 1. The topological polar surface area (TPSA) is 49.4 Å². The van der Waals surface area contributed by atoms with E-state index in [1.54, 1.807) is 0 Å². The van der Waals surface area contributed by atoms with Gasteiger partial charge in [-0.2, -0.15) is 0 Å². The number of carbonyl (C=O) groups is 2. The van der Waals surface area contributed by atoms with Crippen molar-refractivity contribution in [3.63, 3.8) is 0 Å². The van der Waals surface area contributed by atoms with Crippen LogP contribution in [0, 0.1) is 5.92 Å². The zero-order chi connectivity index (χ0) is 11.5. The molecule has 16 heavy (non-hydrogen) atoms. The smallest absolute Gasteiger partial charge is 0.229 e. The van der Waals surface area contributed by atoms with Crippen LogP contribution >= 0.6 is 0 Å². The average Bonchev–Trinajstić information content (AvgIpc) is 2.79. The van der Waals surface area contributed by atoms with Gasteiger partial charge in [-0.3, -0.25) is 14.5 Å². The first kappa shape index (κ1) is 11.6. The number of rotatable bonds is 4. The zero-order valence-electron chi connectivity index (χ0n) is 9.87. The van der Waals surface area contributed by atoms with E-state index in [2.05, 4.69) is 12.2 Å². The molecule has 0 radical (unpaired) electrons. The fourth-order valence-corrected chi connectivity index (χ4v) is 2.68. The predicted octanol–water partition coefficient (Wildman–Crippen LogP) is 0.914. The summed E-state index contributed by atoms with van der Waals surface area (Å²) in [5.41, 5.74) is 0. The van der Waals surface area contributed by atoms with Crippen molar-refractivity contribution in [2.24, 2.45) is 5.92 Å².